The van der Waals surface area contributed by atoms with Crippen molar-refractivity contribution in [3.63, 3.8) is 0 Å². The number of rotatable bonds is 5. The highest BCUT2D eigenvalue weighted by Crippen LogP contribution is 2.13. The molecule has 0 aliphatic carbocycles. The van der Waals surface area contributed by atoms with Crippen LogP contribution >= 0.6 is 0 Å². The van der Waals surface area contributed by atoms with E-state index in [1.165, 1.54) is 0 Å². The summed E-state index contributed by atoms with van der Waals surface area (Å²) in [5.74, 6) is -0.126. The summed E-state index contributed by atoms with van der Waals surface area (Å²) in [7, 11) is 1.67. The van der Waals surface area contributed by atoms with Crippen molar-refractivity contribution in [2.75, 3.05) is 20.3 Å². The third-order valence-electron chi connectivity index (χ3n) is 2.85. The third-order valence-corrected chi connectivity index (χ3v) is 2.85. The number of carbonyl (C=O) groups is 1. The van der Waals surface area contributed by atoms with E-state index in [-0.39, 0.29) is 17.6 Å². The van der Waals surface area contributed by atoms with Gasteiger partial charge in [0.15, 0.2) is 0 Å². The Morgan fingerprint density at radius 1 is 1.53 bits per heavy atom. The van der Waals surface area contributed by atoms with Crippen LogP contribution in [0, 0.1) is 0 Å². The zero-order chi connectivity index (χ0) is 11.3. The van der Waals surface area contributed by atoms with Gasteiger partial charge in [-0.3, -0.25) is 4.79 Å². The van der Waals surface area contributed by atoms with Crippen LogP contribution in [0.5, 0.6) is 0 Å². The fourth-order valence-electron chi connectivity index (χ4n) is 1.49. The van der Waals surface area contributed by atoms with Crippen molar-refractivity contribution in [2.24, 2.45) is 0 Å². The van der Waals surface area contributed by atoms with E-state index >= 15 is 0 Å². The summed E-state index contributed by atoms with van der Waals surface area (Å²) in [5.41, 5.74) is -0.219. The molecule has 0 aromatic heterocycles. The SMILES string of the molecule is COC(C)(C)CCOC(=O)C1CCCN1. The molecular formula is C11H21NO3. The highest BCUT2D eigenvalue weighted by Gasteiger charge is 2.24. The maximum Gasteiger partial charge on any atom is 0.323 e. The smallest absolute Gasteiger partial charge is 0.323 e. The van der Waals surface area contributed by atoms with Gasteiger partial charge in [0.25, 0.3) is 0 Å². The van der Waals surface area contributed by atoms with Gasteiger partial charge >= 0.3 is 5.97 Å². The summed E-state index contributed by atoms with van der Waals surface area (Å²) in [5, 5.41) is 3.11. The largest absolute Gasteiger partial charge is 0.464 e. The lowest BCUT2D eigenvalue weighted by Crippen LogP contribution is -2.34. The molecule has 4 nitrogen and oxygen atoms in total. The van der Waals surface area contributed by atoms with E-state index in [0.717, 1.165) is 25.8 Å². The van der Waals surface area contributed by atoms with Crippen LogP contribution in [-0.4, -0.2) is 37.9 Å². The van der Waals surface area contributed by atoms with Crippen LogP contribution in [0.4, 0.5) is 0 Å². The fraction of sp³-hybridized carbons (Fsp3) is 0.909. The average Bonchev–Trinajstić information content (AvgIpc) is 2.70. The lowest BCUT2D eigenvalue weighted by Gasteiger charge is -2.22. The Kier molecular flexibility index (Phi) is 4.54. The Labute approximate surface area is 91.3 Å². The number of carbonyl (C=O) groups excluding carboxylic acids is 1. The van der Waals surface area contributed by atoms with Crippen LogP contribution in [0.1, 0.15) is 33.1 Å². The molecule has 88 valence electrons. The van der Waals surface area contributed by atoms with Crippen molar-refractivity contribution in [3.05, 3.63) is 0 Å². The number of ether oxygens (including phenoxy) is 2. The van der Waals surface area contributed by atoms with Gasteiger partial charge in [0.1, 0.15) is 6.04 Å². The minimum Gasteiger partial charge on any atom is -0.464 e. The number of esters is 1. The molecule has 0 aromatic rings. The minimum atomic E-state index is -0.219. The van der Waals surface area contributed by atoms with Crippen LogP contribution in [0.2, 0.25) is 0 Å². The Morgan fingerprint density at radius 3 is 2.80 bits per heavy atom. The molecule has 1 rings (SSSR count). The van der Waals surface area contributed by atoms with Crippen LogP contribution < -0.4 is 5.32 Å². The number of methoxy groups -OCH3 is 1. The van der Waals surface area contributed by atoms with E-state index < -0.39 is 0 Å². The molecule has 1 heterocycles. The molecule has 0 spiro atoms. The molecule has 0 saturated carbocycles. The summed E-state index contributed by atoms with van der Waals surface area (Å²) < 4.78 is 10.4. The van der Waals surface area contributed by atoms with Gasteiger partial charge in [-0.05, 0) is 33.2 Å². The summed E-state index contributed by atoms with van der Waals surface area (Å²) in [4.78, 5) is 11.5. The van der Waals surface area contributed by atoms with Gasteiger partial charge in [0.05, 0.1) is 12.2 Å². The third kappa shape index (κ3) is 4.18. The zero-order valence-electron chi connectivity index (χ0n) is 9.84. The van der Waals surface area contributed by atoms with Crippen molar-refractivity contribution in [3.8, 4) is 0 Å². The van der Waals surface area contributed by atoms with Crippen molar-refractivity contribution >= 4 is 5.97 Å². The predicted octanol–water partition coefficient (Wildman–Crippen LogP) is 1.10. The van der Waals surface area contributed by atoms with Gasteiger partial charge < -0.3 is 14.8 Å². The van der Waals surface area contributed by atoms with Crippen LogP contribution in [0.15, 0.2) is 0 Å². The molecule has 1 aliphatic heterocycles. The van der Waals surface area contributed by atoms with Crippen molar-refractivity contribution in [1.82, 2.24) is 5.32 Å². The Hall–Kier alpha value is -0.610. The fourth-order valence-corrected chi connectivity index (χ4v) is 1.49. The Balaban J connectivity index is 2.16. The van der Waals surface area contributed by atoms with Gasteiger partial charge in [0.2, 0.25) is 0 Å². The Bertz CT molecular complexity index is 210. The summed E-state index contributed by atoms with van der Waals surface area (Å²) in [6.07, 6.45) is 2.68. The molecule has 1 aliphatic rings. The molecule has 4 heteroatoms. The first-order valence-corrected chi connectivity index (χ1v) is 5.50. The van der Waals surface area contributed by atoms with E-state index in [2.05, 4.69) is 5.32 Å². The van der Waals surface area contributed by atoms with E-state index in [0.29, 0.717) is 6.61 Å². The van der Waals surface area contributed by atoms with E-state index in [4.69, 9.17) is 9.47 Å². The first-order valence-electron chi connectivity index (χ1n) is 5.50. The quantitative estimate of drug-likeness (QED) is 0.698. The van der Waals surface area contributed by atoms with Crippen LogP contribution in [-0.2, 0) is 14.3 Å². The van der Waals surface area contributed by atoms with Gasteiger partial charge in [-0.1, -0.05) is 0 Å². The highest BCUT2D eigenvalue weighted by atomic mass is 16.5. The van der Waals surface area contributed by atoms with Crippen LogP contribution in [0.3, 0.4) is 0 Å². The summed E-state index contributed by atoms with van der Waals surface area (Å²) in [6.45, 7) is 5.31. The van der Waals surface area contributed by atoms with Crippen molar-refractivity contribution < 1.29 is 14.3 Å². The molecule has 1 saturated heterocycles. The maximum absolute atomic E-state index is 11.5. The molecule has 0 bridgehead atoms. The predicted molar refractivity (Wildman–Crippen MR) is 57.7 cm³/mol. The molecule has 0 amide bonds. The molecule has 0 radical (unpaired) electrons. The van der Waals surface area contributed by atoms with Crippen molar-refractivity contribution in [2.45, 2.75) is 44.8 Å². The highest BCUT2D eigenvalue weighted by molar-refractivity contribution is 5.76. The van der Waals surface area contributed by atoms with E-state index in [1.807, 2.05) is 13.8 Å². The minimum absolute atomic E-state index is 0.0874. The monoisotopic (exact) mass is 215 g/mol. The second kappa shape index (κ2) is 5.47. The van der Waals surface area contributed by atoms with Gasteiger partial charge in [-0.2, -0.15) is 0 Å². The normalized spacial score (nSPS) is 21.7. The Morgan fingerprint density at radius 2 is 2.27 bits per heavy atom. The van der Waals surface area contributed by atoms with Gasteiger partial charge in [0, 0.05) is 13.5 Å². The zero-order valence-corrected chi connectivity index (χ0v) is 9.84. The first-order chi connectivity index (χ1) is 7.05. The lowest BCUT2D eigenvalue weighted by molar-refractivity contribution is -0.147. The number of nitrogens with one attached hydrogen (secondary N) is 1. The second-order valence-electron chi connectivity index (χ2n) is 4.53. The van der Waals surface area contributed by atoms with Crippen molar-refractivity contribution in [1.29, 1.82) is 0 Å². The van der Waals surface area contributed by atoms with E-state index in [1.54, 1.807) is 7.11 Å². The average molecular weight is 215 g/mol. The molecular weight excluding hydrogens is 194 g/mol. The second-order valence-corrected chi connectivity index (χ2v) is 4.53. The molecule has 1 N–H and O–H groups in total. The first kappa shape index (κ1) is 12.5. The summed E-state index contributed by atoms with van der Waals surface area (Å²) >= 11 is 0. The van der Waals surface area contributed by atoms with Gasteiger partial charge in [-0.25, -0.2) is 0 Å². The number of hydrogen-bond donors (Lipinski definition) is 1. The lowest BCUT2D eigenvalue weighted by atomic mass is 10.1. The van der Waals surface area contributed by atoms with Crippen LogP contribution in [0.25, 0.3) is 0 Å². The summed E-state index contributed by atoms with van der Waals surface area (Å²) in [6, 6.07) is -0.0874. The molecule has 1 unspecified atom stereocenters. The molecule has 0 aromatic carbocycles. The molecule has 15 heavy (non-hydrogen) atoms. The van der Waals surface area contributed by atoms with Gasteiger partial charge in [-0.15, -0.1) is 0 Å². The molecule has 1 atom stereocenters. The standard InChI is InChI=1S/C11H21NO3/c1-11(2,14-3)6-8-15-10(13)9-5-4-7-12-9/h9,12H,4-8H2,1-3H3. The topological polar surface area (TPSA) is 47.6 Å². The number of hydrogen-bond acceptors (Lipinski definition) is 4. The maximum atomic E-state index is 11.5. The molecule has 1 fully saturated rings. The van der Waals surface area contributed by atoms with E-state index in [9.17, 15) is 4.79 Å².